The second kappa shape index (κ2) is 14.0. The minimum atomic E-state index is -0.722. The van der Waals surface area contributed by atoms with Gasteiger partial charge in [0.15, 0.2) is 0 Å². The molecule has 3 rings (SSSR count). The third kappa shape index (κ3) is 9.19. The monoisotopic (exact) mass is 491 g/mol. The summed E-state index contributed by atoms with van der Waals surface area (Å²) in [6, 6.07) is 16.2. The number of hydrogen-bond donors (Lipinski definition) is 3. The van der Waals surface area contributed by atoms with E-state index in [1.165, 1.54) is 0 Å². The van der Waals surface area contributed by atoms with Gasteiger partial charge in [0, 0.05) is 31.9 Å². The van der Waals surface area contributed by atoms with E-state index < -0.39 is 12.1 Å². The van der Waals surface area contributed by atoms with Gasteiger partial charge in [0.25, 0.3) is 0 Å². The molecular formula is C28H37N5O3. The average Bonchev–Trinajstić information content (AvgIpc) is 3.39. The Morgan fingerprint density at radius 1 is 1.03 bits per heavy atom. The topological polar surface area (TPSA) is 111 Å². The first-order valence-corrected chi connectivity index (χ1v) is 12.5. The van der Waals surface area contributed by atoms with Gasteiger partial charge in [-0.05, 0) is 42.0 Å². The van der Waals surface area contributed by atoms with Gasteiger partial charge in [0.2, 0.25) is 11.8 Å². The molecule has 36 heavy (non-hydrogen) atoms. The van der Waals surface area contributed by atoms with E-state index in [9.17, 15) is 9.59 Å². The molecule has 0 aliphatic rings. The highest BCUT2D eigenvalue weighted by atomic mass is 16.5. The Kier molecular flexibility index (Phi) is 10.5. The number of nitrogens with zero attached hydrogens (tertiary/aromatic N) is 2. The summed E-state index contributed by atoms with van der Waals surface area (Å²) in [6.45, 7) is 5.75. The van der Waals surface area contributed by atoms with E-state index in [1.54, 1.807) is 12.5 Å². The highest BCUT2D eigenvalue weighted by molar-refractivity contribution is 5.89. The highest BCUT2D eigenvalue weighted by Gasteiger charge is 2.24. The zero-order valence-electron chi connectivity index (χ0n) is 21.1. The van der Waals surface area contributed by atoms with Crippen molar-refractivity contribution in [1.82, 2.24) is 20.2 Å². The molecule has 0 aliphatic heterocycles. The molecule has 0 saturated carbocycles. The van der Waals surface area contributed by atoms with Gasteiger partial charge >= 0.3 is 0 Å². The van der Waals surface area contributed by atoms with Crippen LogP contribution in [-0.4, -0.2) is 40.0 Å². The SMILES string of the molecule is CC(C)CC(N)C(=O)NC(Cc1ccc(OCc2ccccc2)cc1)C(=O)NCCCn1ccnc1. The van der Waals surface area contributed by atoms with Crippen molar-refractivity contribution in [3.8, 4) is 5.75 Å². The van der Waals surface area contributed by atoms with Crippen LogP contribution in [0.1, 0.15) is 37.8 Å². The number of aromatic nitrogens is 2. The maximum atomic E-state index is 13.0. The third-order valence-electron chi connectivity index (χ3n) is 5.76. The van der Waals surface area contributed by atoms with E-state index in [-0.39, 0.29) is 17.7 Å². The number of rotatable bonds is 14. The molecule has 1 aromatic heterocycles. The molecule has 2 aromatic carbocycles. The normalized spacial score (nSPS) is 12.7. The zero-order valence-corrected chi connectivity index (χ0v) is 21.1. The Balaban J connectivity index is 1.58. The number of nitrogens with two attached hydrogens (primary N) is 1. The van der Waals surface area contributed by atoms with E-state index in [0.29, 0.717) is 26.0 Å². The van der Waals surface area contributed by atoms with E-state index in [1.807, 2.05) is 79.2 Å². The number of carbonyl (C=O) groups is 2. The summed E-state index contributed by atoms with van der Waals surface area (Å²) < 4.78 is 7.81. The molecule has 2 unspecified atom stereocenters. The van der Waals surface area contributed by atoms with Crippen molar-refractivity contribution in [1.29, 1.82) is 0 Å². The predicted octanol–water partition coefficient (Wildman–Crippen LogP) is 3.07. The van der Waals surface area contributed by atoms with Crippen molar-refractivity contribution >= 4 is 11.8 Å². The Hall–Kier alpha value is -3.65. The predicted molar refractivity (Wildman–Crippen MR) is 140 cm³/mol. The molecule has 2 amide bonds. The molecule has 192 valence electrons. The van der Waals surface area contributed by atoms with Gasteiger partial charge in [-0.1, -0.05) is 56.3 Å². The minimum absolute atomic E-state index is 0.227. The van der Waals surface area contributed by atoms with Crippen LogP contribution in [0.5, 0.6) is 5.75 Å². The maximum Gasteiger partial charge on any atom is 0.242 e. The fourth-order valence-electron chi connectivity index (χ4n) is 3.82. The number of nitrogens with one attached hydrogen (secondary N) is 2. The molecule has 0 fully saturated rings. The Morgan fingerprint density at radius 3 is 2.44 bits per heavy atom. The van der Waals surface area contributed by atoms with Gasteiger partial charge in [-0.2, -0.15) is 0 Å². The highest BCUT2D eigenvalue weighted by Crippen LogP contribution is 2.16. The van der Waals surface area contributed by atoms with E-state index >= 15 is 0 Å². The summed E-state index contributed by atoms with van der Waals surface area (Å²) in [5.74, 6) is 0.482. The maximum absolute atomic E-state index is 13.0. The summed E-state index contributed by atoms with van der Waals surface area (Å²) in [5.41, 5.74) is 8.07. The van der Waals surface area contributed by atoms with Gasteiger partial charge < -0.3 is 25.7 Å². The number of imidazole rings is 1. The quantitative estimate of drug-likeness (QED) is 0.300. The average molecular weight is 492 g/mol. The van der Waals surface area contributed by atoms with Gasteiger partial charge in [0.1, 0.15) is 18.4 Å². The molecule has 0 spiro atoms. The van der Waals surface area contributed by atoms with Gasteiger partial charge in [-0.25, -0.2) is 4.98 Å². The van der Waals surface area contributed by atoms with E-state index in [2.05, 4.69) is 15.6 Å². The first-order chi connectivity index (χ1) is 17.4. The molecule has 2 atom stereocenters. The molecule has 0 radical (unpaired) electrons. The second-order valence-electron chi connectivity index (χ2n) is 9.36. The second-order valence-corrected chi connectivity index (χ2v) is 9.36. The molecule has 4 N–H and O–H groups in total. The lowest BCUT2D eigenvalue weighted by atomic mass is 10.0. The fraction of sp³-hybridized carbons (Fsp3) is 0.393. The van der Waals surface area contributed by atoms with Crippen molar-refractivity contribution in [2.24, 2.45) is 11.7 Å². The number of benzene rings is 2. The Bertz CT molecular complexity index is 1050. The van der Waals surface area contributed by atoms with Crippen LogP contribution >= 0.6 is 0 Å². The van der Waals surface area contributed by atoms with Crippen LogP contribution < -0.4 is 21.1 Å². The van der Waals surface area contributed by atoms with Crippen LogP contribution in [0.4, 0.5) is 0 Å². The molecule has 0 saturated heterocycles. The standard InChI is InChI=1S/C28H37N5O3/c1-21(2)17-25(29)27(34)32-26(28(35)31-13-6-15-33-16-14-30-20-33)18-22-9-11-24(12-10-22)36-19-23-7-4-3-5-8-23/h3-5,7-12,14,16,20-21,25-26H,6,13,15,17-19,29H2,1-2H3,(H,31,35)(H,32,34). The lowest BCUT2D eigenvalue weighted by molar-refractivity contribution is -0.129. The Morgan fingerprint density at radius 2 is 1.78 bits per heavy atom. The first-order valence-electron chi connectivity index (χ1n) is 12.5. The molecular weight excluding hydrogens is 454 g/mol. The van der Waals surface area contributed by atoms with Crippen molar-refractivity contribution in [3.05, 3.63) is 84.4 Å². The summed E-state index contributed by atoms with van der Waals surface area (Å²) in [6.07, 6.45) is 7.01. The molecule has 0 aliphatic carbocycles. The smallest absolute Gasteiger partial charge is 0.242 e. The molecule has 0 bridgehead atoms. The van der Waals surface area contributed by atoms with E-state index in [4.69, 9.17) is 10.5 Å². The van der Waals surface area contributed by atoms with Gasteiger partial charge in [0.05, 0.1) is 12.4 Å². The van der Waals surface area contributed by atoms with Crippen molar-refractivity contribution in [2.45, 2.75) is 58.3 Å². The van der Waals surface area contributed by atoms with Crippen molar-refractivity contribution < 1.29 is 14.3 Å². The van der Waals surface area contributed by atoms with Crippen LogP contribution in [0.25, 0.3) is 0 Å². The lowest BCUT2D eigenvalue weighted by Crippen LogP contribution is -2.52. The number of aryl methyl sites for hydroxylation is 1. The van der Waals surface area contributed by atoms with Gasteiger partial charge in [-0.15, -0.1) is 0 Å². The molecule has 3 aromatic rings. The molecule has 8 nitrogen and oxygen atoms in total. The largest absolute Gasteiger partial charge is 0.489 e. The molecule has 8 heteroatoms. The third-order valence-corrected chi connectivity index (χ3v) is 5.76. The van der Waals surface area contributed by atoms with Gasteiger partial charge in [-0.3, -0.25) is 9.59 Å². The number of hydrogen-bond acceptors (Lipinski definition) is 5. The number of carbonyl (C=O) groups excluding carboxylic acids is 2. The Labute approximate surface area is 213 Å². The fourth-order valence-corrected chi connectivity index (χ4v) is 3.82. The van der Waals surface area contributed by atoms with Crippen molar-refractivity contribution in [3.63, 3.8) is 0 Å². The summed E-state index contributed by atoms with van der Waals surface area (Å²) >= 11 is 0. The van der Waals surface area contributed by atoms with Crippen LogP contribution in [0.3, 0.4) is 0 Å². The number of amides is 2. The van der Waals surface area contributed by atoms with Crippen LogP contribution in [-0.2, 0) is 29.2 Å². The molecule has 1 heterocycles. The summed E-state index contributed by atoms with van der Waals surface area (Å²) in [5, 5.41) is 5.81. The summed E-state index contributed by atoms with van der Waals surface area (Å²) in [7, 11) is 0. The van der Waals surface area contributed by atoms with E-state index in [0.717, 1.165) is 29.8 Å². The van der Waals surface area contributed by atoms with Crippen LogP contribution in [0.15, 0.2) is 73.3 Å². The minimum Gasteiger partial charge on any atom is -0.489 e. The number of ether oxygens (including phenoxy) is 1. The zero-order chi connectivity index (χ0) is 25.8. The first kappa shape index (κ1) is 26.9. The van der Waals surface area contributed by atoms with Crippen LogP contribution in [0.2, 0.25) is 0 Å². The van der Waals surface area contributed by atoms with Crippen LogP contribution in [0, 0.1) is 5.92 Å². The summed E-state index contributed by atoms with van der Waals surface area (Å²) in [4.78, 5) is 29.7. The van der Waals surface area contributed by atoms with Crippen molar-refractivity contribution in [2.75, 3.05) is 6.54 Å². The lowest BCUT2D eigenvalue weighted by Gasteiger charge is -2.22.